The van der Waals surface area contributed by atoms with E-state index in [2.05, 4.69) is 29.9 Å². The molecular formula is C43H58N6O7S. The highest BCUT2D eigenvalue weighted by Crippen LogP contribution is 2.46. The minimum absolute atomic E-state index is 0.0272. The van der Waals surface area contributed by atoms with E-state index in [1.807, 2.05) is 41.8 Å². The minimum atomic E-state index is -1.45. The summed E-state index contributed by atoms with van der Waals surface area (Å²) >= 11 is 1.63. The summed E-state index contributed by atoms with van der Waals surface area (Å²) in [5.74, 6) is -2.55. The van der Waals surface area contributed by atoms with Crippen molar-refractivity contribution in [2.24, 2.45) is 11.8 Å². The van der Waals surface area contributed by atoms with Crippen LogP contribution < -0.4 is 15.4 Å². The number of rotatable bonds is 7. The first kappa shape index (κ1) is 40.7. The standard InChI is InChI=1S/C43H58N6O7S/c1-25(2)49-32-21-15-19-29(37-44-31(24-57-37)27-16-11-10-12-17-27)34(32)46-40(49)55-33-23-48-35(26(33)3)36(50)47-43(39(52)53)22-28(43)18-13-8-7-9-14-20-30(38(48)51)45-41(54)56-42(4,5)6/h13,15,18-19,21,24-28,30,33,35H,7-12,14,16-17,20,22-23H2,1-6H3,(H,45,54)(H,47,50)(H,52,53). The number of thiazole rings is 1. The van der Waals surface area contributed by atoms with Crippen molar-refractivity contribution in [3.05, 3.63) is 41.4 Å². The largest absolute Gasteiger partial charge is 0.479 e. The minimum Gasteiger partial charge on any atom is -0.479 e. The molecule has 0 radical (unpaired) electrons. The number of hydrogen-bond donors (Lipinski definition) is 3. The van der Waals surface area contributed by atoms with Crippen molar-refractivity contribution in [3.8, 4) is 16.6 Å². The Morgan fingerprint density at radius 1 is 1.05 bits per heavy atom. The lowest BCUT2D eigenvalue weighted by molar-refractivity contribution is -0.146. The summed E-state index contributed by atoms with van der Waals surface area (Å²) in [6.07, 6.45) is 12.2. The summed E-state index contributed by atoms with van der Waals surface area (Å²) < 4.78 is 14.4. The summed E-state index contributed by atoms with van der Waals surface area (Å²) in [5.41, 5.74) is 1.48. The Bertz CT molecular complexity index is 2010. The molecule has 2 saturated carbocycles. The molecule has 4 aliphatic rings. The van der Waals surface area contributed by atoms with Crippen molar-refractivity contribution in [1.29, 1.82) is 0 Å². The molecule has 14 heteroatoms. The number of carboxylic acid groups (broad SMARTS) is 1. The van der Waals surface area contributed by atoms with Crippen molar-refractivity contribution in [2.45, 2.75) is 153 Å². The van der Waals surface area contributed by atoms with Gasteiger partial charge in [-0.05, 0) is 85.3 Å². The number of carboxylic acids is 1. The van der Waals surface area contributed by atoms with E-state index in [0.717, 1.165) is 59.4 Å². The van der Waals surface area contributed by atoms with Crippen LogP contribution in [0.2, 0.25) is 0 Å². The van der Waals surface area contributed by atoms with Gasteiger partial charge in [-0.1, -0.05) is 57.2 Å². The van der Waals surface area contributed by atoms with Crippen molar-refractivity contribution in [3.63, 3.8) is 0 Å². The Morgan fingerprint density at radius 2 is 1.79 bits per heavy atom. The van der Waals surface area contributed by atoms with Crippen LogP contribution in [0.3, 0.4) is 0 Å². The quantitative estimate of drug-likeness (QED) is 0.203. The number of para-hydroxylation sites is 1. The van der Waals surface area contributed by atoms with Gasteiger partial charge in [0.15, 0.2) is 0 Å². The number of allylic oxidation sites excluding steroid dienone is 1. The summed E-state index contributed by atoms with van der Waals surface area (Å²) in [6.45, 7) is 11.3. The van der Waals surface area contributed by atoms with E-state index in [4.69, 9.17) is 19.4 Å². The number of alkyl carbamates (subject to hydrolysis) is 1. The molecule has 3 amide bonds. The third-order valence-electron chi connectivity index (χ3n) is 12.0. The second-order valence-corrected chi connectivity index (χ2v) is 18.6. The summed E-state index contributed by atoms with van der Waals surface area (Å²) in [4.78, 5) is 66.5. The zero-order valence-electron chi connectivity index (χ0n) is 34.1. The molecule has 1 saturated heterocycles. The molecule has 7 rings (SSSR count). The number of imidazole rings is 1. The molecule has 57 heavy (non-hydrogen) atoms. The molecule has 3 aromatic rings. The van der Waals surface area contributed by atoms with Gasteiger partial charge >= 0.3 is 12.1 Å². The third kappa shape index (κ3) is 8.56. The smallest absolute Gasteiger partial charge is 0.408 e. The first-order valence-electron chi connectivity index (χ1n) is 20.8. The van der Waals surface area contributed by atoms with Gasteiger partial charge in [0.25, 0.3) is 6.01 Å². The van der Waals surface area contributed by atoms with Crippen LogP contribution in [-0.2, 0) is 19.1 Å². The van der Waals surface area contributed by atoms with Gasteiger partial charge in [0.05, 0.1) is 17.8 Å². The molecule has 2 aliphatic heterocycles. The maximum absolute atomic E-state index is 14.7. The SMILES string of the molecule is CC1C(Oc2nc3c(-c4nc(C5CCCCC5)cs4)cccc3n2C(C)C)CN2C(=O)C(NC(=O)OC(C)(C)C)CCCCCC=CC3CC3(C(=O)O)NC(=O)C12. The molecule has 308 valence electrons. The maximum atomic E-state index is 14.7. The van der Waals surface area contributed by atoms with Gasteiger partial charge in [-0.25, -0.2) is 14.6 Å². The van der Waals surface area contributed by atoms with Crippen LogP contribution in [0.5, 0.6) is 6.01 Å². The van der Waals surface area contributed by atoms with Crippen molar-refractivity contribution in [2.75, 3.05) is 6.54 Å². The molecule has 2 aliphatic carbocycles. The molecule has 6 unspecified atom stereocenters. The fourth-order valence-corrected chi connectivity index (χ4v) is 9.83. The van der Waals surface area contributed by atoms with Gasteiger partial charge in [-0.15, -0.1) is 11.3 Å². The summed E-state index contributed by atoms with van der Waals surface area (Å²) in [5, 5.41) is 19.1. The molecule has 6 atom stereocenters. The highest BCUT2D eigenvalue weighted by atomic mass is 32.1. The zero-order valence-corrected chi connectivity index (χ0v) is 34.9. The van der Waals surface area contributed by atoms with Crippen LogP contribution in [0.15, 0.2) is 35.7 Å². The lowest BCUT2D eigenvalue weighted by Gasteiger charge is -2.31. The van der Waals surface area contributed by atoms with E-state index in [0.29, 0.717) is 24.8 Å². The first-order chi connectivity index (χ1) is 27.2. The van der Waals surface area contributed by atoms with Crippen LogP contribution >= 0.6 is 11.3 Å². The van der Waals surface area contributed by atoms with E-state index >= 15 is 0 Å². The molecule has 2 aromatic heterocycles. The van der Waals surface area contributed by atoms with Crippen LogP contribution in [0, 0.1) is 11.8 Å². The second-order valence-electron chi connectivity index (χ2n) is 17.7. The number of amides is 3. The fourth-order valence-electron chi connectivity index (χ4n) is 8.91. The molecule has 0 spiro atoms. The number of aliphatic carboxylic acids is 1. The molecule has 4 heterocycles. The van der Waals surface area contributed by atoms with E-state index in [-0.39, 0.29) is 24.9 Å². The second kappa shape index (κ2) is 16.4. The number of carbonyl (C=O) groups excluding carboxylic acids is 3. The first-order valence-corrected chi connectivity index (χ1v) is 21.7. The van der Waals surface area contributed by atoms with E-state index in [9.17, 15) is 24.3 Å². The molecule has 3 fully saturated rings. The number of ether oxygens (including phenoxy) is 2. The number of aromatic nitrogens is 3. The van der Waals surface area contributed by atoms with Crippen molar-refractivity contribution in [1.82, 2.24) is 30.1 Å². The predicted molar refractivity (Wildman–Crippen MR) is 218 cm³/mol. The predicted octanol–water partition coefficient (Wildman–Crippen LogP) is 7.76. The number of benzene rings is 1. The Labute approximate surface area is 339 Å². The average molecular weight is 803 g/mol. The lowest BCUT2D eigenvalue weighted by Crippen LogP contribution is -2.57. The molecular weight excluding hydrogens is 745 g/mol. The number of nitrogens with zero attached hydrogens (tertiary/aromatic N) is 4. The van der Waals surface area contributed by atoms with Crippen LogP contribution in [-0.4, -0.2) is 84.3 Å². The maximum Gasteiger partial charge on any atom is 0.408 e. The highest BCUT2D eigenvalue weighted by molar-refractivity contribution is 7.13. The van der Waals surface area contributed by atoms with Crippen LogP contribution in [0.25, 0.3) is 21.6 Å². The number of carbonyl (C=O) groups is 4. The molecule has 13 nitrogen and oxygen atoms in total. The van der Waals surface area contributed by atoms with E-state index in [1.54, 1.807) is 32.1 Å². The third-order valence-corrected chi connectivity index (χ3v) is 12.9. The van der Waals surface area contributed by atoms with Gasteiger partial charge in [0.2, 0.25) is 11.8 Å². The summed E-state index contributed by atoms with van der Waals surface area (Å²) in [7, 11) is 0. The van der Waals surface area contributed by atoms with Gasteiger partial charge in [0, 0.05) is 34.7 Å². The Morgan fingerprint density at radius 3 is 2.51 bits per heavy atom. The zero-order chi connectivity index (χ0) is 40.6. The normalized spacial score (nSPS) is 27.6. The fraction of sp³-hybridized carbons (Fsp3) is 0.628. The number of fused-ring (bicyclic) bond motifs is 3. The molecule has 3 N–H and O–H groups in total. The number of hydrogen-bond acceptors (Lipinski definition) is 9. The van der Waals surface area contributed by atoms with Crippen LogP contribution in [0.4, 0.5) is 4.79 Å². The Hall–Kier alpha value is -4.46. The average Bonchev–Trinajstić information content (AvgIpc) is 3.44. The lowest BCUT2D eigenvalue weighted by atomic mass is 9.87. The molecule has 1 aromatic carbocycles. The summed E-state index contributed by atoms with van der Waals surface area (Å²) in [6, 6.07) is 4.36. The van der Waals surface area contributed by atoms with Crippen molar-refractivity contribution < 1.29 is 33.8 Å². The van der Waals surface area contributed by atoms with Gasteiger partial charge in [0.1, 0.15) is 39.9 Å². The van der Waals surface area contributed by atoms with Crippen molar-refractivity contribution >= 4 is 46.2 Å². The molecule has 0 bridgehead atoms. The Kier molecular flexibility index (Phi) is 11.7. The van der Waals surface area contributed by atoms with Gasteiger partial charge in [-0.3, -0.25) is 14.2 Å². The van der Waals surface area contributed by atoms with E-state index in [1.165, 1.54) is 24.2 Å². The van der Waals surface area contributed by atoms with Gasteiger partial charge in [-0.2, -0.15) is 4.98 Å². The topological polar surface area (TPSA) is 165 Å². The van der Waals surface area contributed by atoms with Crippen LogP contribution in [0.1, 0.15) is 130 Å². The monoisotopic (exact) mass is 802 g/mol. The number of nitrogens with one attached hydrogen (secondary N) is 2. The highest BCUT2D eigenvalue weighted by Gasteiger charge is 2.62. The Balaban J connectivity index is 1.22. The van der Waals surface area contributed by atoms with Gasteiger partial charge < -0.3 is 30.1 Å². The van der Waals surface area contributed by atoms with E-state index < -0.39 is 59.1 Å².